The second kappa shape index (κ2) is 5.64. The Bertz CT molecular complexity index is 440. The van der Waals surface area contributed by atoms with E-state index < -0.39 is 0 Å². The molecule has 2 amide bonds. The Labute approximate surface area is 116 Å². The van der Waals surface area contributed by atoms with E-state index in [1.54, 1.807) is 0 Å². The van der Waals surface area contributed by atoms with E-state index in [9.17, 15) is 4.79 Å². The smallest absolute Gasteiger partial charge is 0.321 e. The number of carbonyl (C=O) groups is 1. The lowest BCUT2D eigenvalue weighted by Gasteiger charge is -2.22. The highest BCUT2D eigenvalue weighted by Crippen LogP contribution is 2.27. The third-order valence-corrected chi connectivity index (χ3v) is 4.35. The van der Waals surface area contributed by atoms with Crippen LogP contribution in [0.5, 0.6) is 0 Å². The van der Waals surface area contributed by atoms with E-state index in [1.807, 2.05) is 4.90 Å². The molecule has 0 bridgehead atoms. The molecule has 3 rings (SSSR count). The first-order chi connectivity index (χ1) is 9.33. The van der Waals surface area contributed by atoms with Crippen LogP contribution in [0.15, 0.2) is 24.3 Å². The maximum absolute atomic E-state index is 11.6. The number of rotatable bonds is 3. The molecule has 3 nitrogen and oxygen atoms in total. The van der Waals surface area contributed by atoms with Crippen LogP contribution < -0.4 is 10.2 Å². The Morgan fingerprint density at radius 3 is 2.53 bits per heavy atom. The summed E-state index contributed by atoms with van der Waals surface area (Å²) in [5.41, 5.74) is 2.43. The monoisotopic (exact) mass is 260 g/mol. The minimum atomic E-state index is 0. The Morgan fingerprint density at radius 2 is 1.89 bits per heavy atom. The number of urea groups is 1. The van der Waals surface area contributed by atoms with Crippen LogP contribution in [0.4, 0.5) is 10.5 Å². The zero-order valence-corrected chi connectivity index (χ0v) is 11.4. The fraction of sp³-hybridized carbons (Fsp3) is 0.562. The molecular weight excluding hydrogens is 236 g/mol. The molecule has 1 saturated heterocycles. The lowest BCUT2D eigenvalue weighted by Crippen LogP contribution is -2.27. The Balaban J connectivity index is 0.00000147. The zero-order chi connectivity index (χ0) is 13.1. The number of carbonyl (C=O) groups excluding carboxylic acids is 1. The summed E-state index contributed by atoms with van der Waals surface area (Å²) in [7, 11) is 0. The van der Waals surface area contributed by atoms with E-state index in [0.717, 1.165) is 24.7 Å². The van der Waals surface area contributed by atoms with Crippen LogP contribution in [0.1, 0.15) is 39.1 Å². The maximum atomic E-state index is 11.6. The fourth-order valence-electron chi connectivity index (χ4n) is 3.25. The molecular formula is C16H24N2O. The molecule has 104 valence electrons. The average molecular weight is 260 g/mol. The molecule has 0 spiro atoms. The van der Waals surface area contributed by atoms with Gasteiger partial charge in [-0.15, -0.1) is 0 Å². The van der Waals surface area contributed by atoms with Crippen molar-refractivity contribution in [3.05, 3.63) is 29.8 Å². The summed E-state index contributed by atoms with van der Waals surface area (Å²) < 4.78 is 0. The van der Waals surface area contributed by atoms with Crippen molar-refractivity contribution in [3.8, 4) is 0 Å². The van der Waals surface area contributed by atoms with Gasteiger partial charge in [0.15, 0.2) is 0 Å². The van der Waals surface area contributed by atoms with Gasteiger partial charge in [0, 0.05) is 20.2 Å². The van der Waals surface area contributed by atoms with E-state index in [4.69, 9.17) is 0 Å². The van der Waals surface area contributed by atoms with Gasteiger partial charge < -0.3 is 5.32 Å². The number of hydrogen-bond acceptors (Lipinski definition) is 1. The first kappa shape index (κ1) is 12.5. The maximum Gasteiger partial charge on any atom is 0.321 e. The molecule has 19 heavy (non-hydrogen) atoms. The molecule has 1 aliphatic heterocycles. The molecule has 1 N–H and O–H groups in total. The largest absolute Gasteiger partial charge is 0.336 e. The molecule has 0 atom stereocenters. The average Bonchev–Trinajstić information content (AvgIpc) is 2.87. The van der Waals surface area contributed by atoms with E-state index in [1.165, 1.54) is 44.1 Å². The van der Waals surface area contributed by atoms with Crippen LogP contribution in [0.3, 0.4) is 0 Å². The molecule has 1 aromatic carbocycles. The Kier molecular flexibility index (Phi) is 3.72. The molecule has 3 heteroatoms. The second-order valence-electron chi connectivity index (χ2n) is 5.76. The van der Waals surface area contributed by atoms with Gasteiger partial charge in [-0.1, -0.05) is 44.2 Å². The summed E-state index contributed by atoms with van der Waals surface area (Å²) >= 11 is 0. The SMILES string of the molecule is O=C1NCCN1c1ccc(CC2CCCCC2)cc1.[HH]. The number of anilines is 1. The number of nitrogens with one attached hydrogen (secondary N) is 1. The van der Waals surface area contributed by atoms with E-state index in [-0.39, 0.29) is 7.46 Å². The predicted molar refractivity (Wildman–Crippen MR) is 79.6 cm³/mol. The molecule has 0 radical (unpaired) electrons. The fourth-order valence-corrected chi connectivity index (χ4v) is 3.25. The van der Waals surface area contributed by atoms with Gasteiger partial charge in [-0.05, 0) is 30.0 Å². The number of benzene rings is 1. The third kappa shape index (κ3) is 2.91. The van der Waals surface area contributed by atoms with E-state index >= 15 is 0 Å². The third-order valence-electron chi connectivity index (χ3n) is 4.35. The number of hydrogen-bond donors (Lipinski definition) is 1. The Morgan fingerprint density at radius 1 is 1.16 bits per heavy atom. The minimum absolute atomic E-state index is 0. The van der Waals surface area contributed by atoms with Crippen molar-refractivity contribution in [2.75, 3.05) is 18.0 Å². The number of amides is 2. The molecule has 1 saturated carbocycles. The summed E-state index contributed by atoms with van der Waals surface area (Å²) in [5.74, 6) is 0.870. The normalized spacial score (nSPS) is 20.6. The lowest BCUT2D eigenvalue weighted by atomic mass is 9.85. The van der Waals surface area contributed by atoms with Gasteiger partial charge in [-0.2, -0.15) is 0 Å². The summed E-state index contributed by atoms with van der Waals surface area (Å²) in [6, 6.07) is 8.58. The van der Waals surface area contributed by atoms with Crippen LogP contribution in [-0.4, -0.2) is 19.1 Å². The summed E-state index contributed by atoms with van der Waals surface area (Å²) in [6.07, 6.45) is 8.19. The predicted octanol–water partition coefficient (Wildman–Crippen LogP) is 3.59. The van der Waals surface area contributed by atoms with Crippen molar-refractivity contribution in [2.45, 2.75) is 38.5 Å². The minimum Gasteiger partial charge on any atom is -0.336 e. The Hall–Kier alpha value is -1.51. The van der Waals surface area contributed by atoms with E-state index in [2.05, 4.69) is 29.6 Å². The van der Waals surface area contributed by atoms with Gasteiger partial charge in [0.25, 0.3) is 0 Å². The van der Waals surface area contributed by atoms with Gasteiger partial charge in [0.2, 0.25) is 0 Å². The van der Waals surface area contributed by atoms with Crippen molar-refractivity contribution in [1.82, 2.24) is 5.32 Å². The summed E-state index contributed by atoms with van der Waals surface area (Å²) in [5, 5.41) is 2.84. The molecule has 1 heterocycles. The van der Waals surface area contributed by atoms with Gasteiger partial charge in [-0.3, -0.25) is 4.90 Å². The highest BCUT2D eigenvalue weighted by molar-refractivity contribution is 5.93. The van der Waals surface area contributed by atoms with Crippen molar-refractivity contribution in [1.29, 1.82) is 0 Å². The number of nitrogens with zero attached hydrogens (tertiary/aromatic N) is 1. The molecule has 1 aromatic rings. The van der Waals surface area contributed by atoms with Gasteiger partial charge >= 0.3 is 6.03 Å². The van der Waals surface area contributed by atoms with Crippen LogP contribution >= 0.6 is 0 Å². The van der Waals surface area contributed by atoms with E-state index in [0.29, 0.717) is 0 Å². The van der Waals surface area contributed by atoms with Crippen molar-refractivity contribution in [3.63, 3.8) is 0 Å². The standard InChI is InChI=1S/C16H22N2O.H2/c19-16-17-10-11-18(16)15-8-6-14(7-9-15)12-13-4-2-1-3-5-13;/h6-9,13H,1-5,10-12H2,(H,17,19);1H. The highest BCUT2D eigenvalue weighted by Gasteiger charge is 2.21. The van der Waals surface area contributed by atoms with Crippen LogP contribution in [-0.2, 0) is 6.42 Å². The second-order valence-corrected chi connectivity index (χ2v) is 5.76. The highest BCUT2D eigenvalue weighted by atomic mass is 16.2. The van der Waals surface area contributed by atoms with Crippen LogP contribution in [0.25, 0.3) is 0 Å². The van der Waals surface area contributed by atoms with Crippen molar-refractivity contribution < 1.29 is 6.22 Å². The lowest BCUT2D eigenvalue weighted by molar-refractivity contribution is 0.252. The van der Waals surface area contributed by atoms with Crippen LogP contribution in [0, 0.1) is 5.92 Å². The molecule has 0 unspecified atom stereocenters. The molecule has 2 fully saturated rings. The van der Waals surface area contributed by atoms with Gasteiger partial charge in [-0.25, -0.2) is 4.79 Å². The molecule has 1 aliphatic carbocycles. The molecule has 0 aromatic heterocycles. The first-order valence-corrected chi connectivity index (χ1v) is 7.47. The van der Waals surface area contributed by atoms with Crippen molar-refractivity contribution in [2.24, 2.45) is 5.92 Å². The molecule has 2 aliphatic rings. The van der Waals surface area contributed by atoms with Gasteiger partial charge in [0.05, 0.1) is 0 Å². The topological polar surface area (TPSA) is 32.3 Å². The van der Waals surface area contributed by atoms with Crippen LogP contribution in [0.2, 0.25) is 0 Å². The summed E-state index contributed by atoms with van der Waals surface area (Å²) in [6.45, 7) is 1.53. The van der Waals surface area contributed by atoms with Gasteiger partial charge in [0.1, 0.15) is 0 Å². The summed E-state index contributed by atoms with van der Waals surface area (Å²) in [4.78, 5) is 13.4. The van der Waals surface area contributed by atoms with Crippen molar-refractivity contribution >= 4 is 11.7 Å². The zero-order valence-electron chi connectivity index (χ0n) is 11.4. The first-order valence-electron chi connectivity index (χ1n) is 7.47. The quantitative estimate of drug-likeness (QED) is 0.885.